The SMILES string of the molecule is CCC#Cc1ccc(Br)c(C(=O)C(C)C)c1. The van der Waals surface area contributed by atoms with Crippen molar-refractivity contribution >= 4 is 21.7 Å². The number of carbonyl (C=O) groups excluding carboxylic acids is 1. The van der Waals surface area contributed by atoms with Gasteiger partial charge in [0.2, 0.25) is 0 Å². The Hall–Kier alpha value is -1.07. The molecular formula is C14H15BrO. The minimum atomic E-state index is 0.00526. The summed E-state index contributed by atoms with van der Waals surface area (Å²) < 4.78 is 0.841. The molecule has 0 saturated heterocycles. The largest absolute Gasteiger partial charge is 0.294 e. The molecular weight excluding hydrogens is 264 g/mol. The number of carbonyl (C=O) groups is 1. The van der Waals surface area contributed by atoms with Crippen molar-refractivity contribution in [1.82, 2.24) is 0 Å². The van der Waals surface area contributed by atoms with Crippen LogP contribution in [0.2, 0.25) is 0 Å². The molecule has 0 aliphatic carbocycles. The second-order valence-corrected chi connectivity index (χ2v) is 4.72. The van der Waals surface area contributed by atoms with Crippen LogP contribution in [0.4, 0.5) is 0 Å². The molecule has 0 heterocycles. The van der Waals surface area contributed by atoms with Gasteiger partial charge in [-0.3, -0.25) is 4.79 Å². The fourth-order valence-electron chi connectivity index (χ4n) is 1.29. The van der Waals surface area contributed by atoms with Crippen LogP contribution in [0, 0.1) is 17.8 Å². The van der Waals surface area contributed by atoms with Crippen LogP contribution in [0.3, 0.4) is 0 Å². The van der Waals surface area contributed by atoms with Gasteiger partial charge in [-0.1, -0.05) is 48.5 Å². The van der Waals surface area contributed by atoms with E-state index in [1.54, 1.807) is 0 Å². The van der Waals surface area contributed by atoms with Crippen LogP contribution in [0.25, 0.3) is 0 Å². The van der Waals surface area contributed by atoms with Crippen LogP contribution in [-0.2, 0) is 0 Å². The van der Waals surface area contributed by atoms with Gasteiger partial charge in [0, 0.05) is 27.9 Å². The molecule has 0 fully saturated rings. The summed E-state index contributed by atoms with van der Waals surface area (Å²) in [6, 6.07) is 5.66. The van der Waals surface area contributed by atoms with Gasteiger partial charge in [0.05, 0.1) is 0 Å². The van der Waals surface area contributed by atoms with E-state index in [2.05, 4.69) is 27.8 Å². The molecule has 0 amide bonds. The first-order valence-corrected chi connectivity index (χ1v) is 6.18. The zero-order valence-corrected chi connectivity index (χ0v) is 11.4. The van der Waals surface area contributed by atoms with Gasteiger partial charge >= 0.3 is 0 Å². The highest BCUT2D eigenvalue weighted by Gasteiger charge is 2.13. The number of benzene rings is 1. The monoisotopic (exact) mass is 278 g/mol. The van der Waals surface area contributed by atoms with Crippen LogP contribution >= 0.6 is 15.9 Å². The van der Waals surface area contributed by atoms with Crippen LogP contribution in [0.5, 0.6) is 0 Å². The third-order valence-corrected chi connectivity index (χ3v) is 2.86. The van der Waals surface area contributed by atoms with Crippen molar-refractivity contribution in [2.75, 3.05) is 0 Å². The van der Waals surface area contributed by atoms with Gasteiger partial charge in [-0.2, -0.15) is 0 Å². The third-order valence-electron chi connectivity index (χ3n) is 2.17. The van der Waals surface area contributed by atoms with E-state index < -0.39 is 0 Å². The Morgan fingerprint density at radius 1 is 1.44 bits per heavy atom. The maximum absolute atomic E-state index is 11.9. The molecule has 0 unspecified atom stereocenters. The number of ketones is 1. The summed E-state index contributed by atoms with van der Waals surface area (Å²) in [6.07, 6.45) is 0.823. The zero-order chi connectivity index (χ0) is 12.1. The maximum Gasteiger partial charge on any atom is 0.166 e. The standard InChI is InChI=1S/C14H15BrO/c1-4-5-6-11-7-8-13(15)12(9-11)14(16)10(2)3/h7-10H,4H2,1-3H3. The summed E-state index contributed by atoms with van der Waals surface area (Å²) >= 11 is 3.40. The minimum Gasteiger partial charge on any atom is -0.294 e. The van der Waals surface area contributed by atoms with E-state index in [1.165, 1.54) is 0 Å². The minimum absolute atomic E-state index is 0.00526. The Kier molecular flexibility index (Phi) is 4.76. The average molecular weight is 279 g/mol. The molecule has 1 nitrogen and oxygen atoms in total. The second-order valence-electron chi connectivity index (χ2n) is 3.87. The summed E-state index contributed by atoms with van der Waals surface area (Å²) in [5, 5.41) is 0. The Morgan fingerprint density at radius 3 is 2.69 bits per heavy atom. The first-order chi connectivity index (χ1) is 7.56. The van der Waals surface area contributed by atoms with Gasteiger partial charge in [0.25, 0.3) is 0 Å². The fourth-order valence-corrected chi connectivity index (χ4v) is 1.74. The smallest absolute Gasteiger partial charge is 0.166 e. The quantitative estimate of drug-likeness (QED) is 0.589. The first-order valence-electron chi connectivity index (χ1n) is 5.39. The predicted octanol–water partition coefficient (Wildman–Crippen LogP) is 4.05. The van der Waals surface area contributed by atoms with E-state index in [-0.39, 0.29) is 11.7 Å². The summed E-state index contributed by atoms with van der Waals surface area (Å²) in [4.78, 5) is 11.9. The lowest BCUT2D eigenvalue weighted by atomic mass is 9.99. The Labute approximate surface area is 105 Å². The van der Waals surface area contributed by atoms with E-state index in [1.807, 2.05) is 39.0 Å². The molecule has 0 bridgehead atoms. The molecule has 1 rings (SSSR count). The van der Waals surface area contributed by atoms with Gasteiger partial charge < -0.3 is 0 Å². The molecule has 0 saturated carbocycles. The molecule has 0 spiro atoms. The lowest BCUT2D eigenvalue weighted by molar-refractivity contribution is 0.0938. The molecule has 0 aliphatic rings. The van der Waals surface area contributed by atoms with Crippen molar-refractivity contribution in [3.63, 3.8) is 0 Å². The lowest BCUT2D eigenvalue weighted by Crippen LogP contribution is -2.08. The highest BCUT2D eigenvalue weighted by molar-refractivity contribution is 9.10. The van der Waals surface area contributed by atoms with Crippen LogP contribution in [0.15, 0.2) is 22.7 Å². The molecule has 0 atom stereocenters. The van der Waals surface area contributed by atoms with Crippen LogP contribution in [-0.4, -0.2) is 5.78 Å². The van der Waals surface area contributed by atoms with Gasteiger partial charge in [-0.15, -0.1) is 0 Å². The lowest BCUT2D eigenvalue weighted by Gasteiger charge is -2.06. The molecule has 1 aromatic carbocycles. The summed E-state index contributed by atoms with van der Waals surface area (Å²) in [5.74, 6) is 6.19. The van der Waals surface area contributed by atoms with Gasteiger partial charge in [-0.05, 0) is 18.2 Å². The molecule has 84 valence electrons. The molecule has 0 N–H and O–H groups in total. The Balaban J connectivity index is 3.13. The predicted molar refractivity (Wildman–Crippen MR) is 70.5 cm³/mol. The highest BCUT2D eigenvalue weighted by Crippen LogP contribution is 2.21. The zero-order valence-electron chi connectivity index (χ0n) is 9.80. The van der Waals surface area contributed by atoms with Crippen molar-refractivity contribution in [3.8, 4) is 11.8 Å². The average Bonchev–Trinajstić information content (AvgIpc) is 2.27. The van der Waals surface area contributed by atoms with Crippen molar-refractivity contribution < 1.29 is 4.79 Å². The van der Waals surface area contributed by atoms with Gasteiger partial charge in [0.15, 0.2) is 5.78 Å². The molecule has 0 radical (unpaired) electrons. The third kappa shape index (κ3) is 3.21. The normalized spacial score (nSPS) is 9.81. The summed E-state index contributed by atoms with van der Waals surface area (Å²) in [7, 11) is 0. The van der Waals surface area contributed by atoms with E-state index in [9.17, 15) is 4.79 Å². The summed E-state index contributed by atoms with van der Waals surface area (Å²) in [5.41, 5.74) is 1.62. The van der Waals surface area contributed by atoms with E-state index in [0.29, 0.717) is 0 Å². The topological polar surface area (TPSA) is 17.1 Å². The van der Waals surface area contributed by atoms with E-state index >= 15 is 0 Å². The van der Waals surface area contributed by atoms with Gasteiger partial charge in [0.1, 0.15) is 0 Å². The van der Waals surface area contributed by atoms with Gasteiger partial charge in [-0.25, -0.2) is 0 Å². The number of Topliss-reactive ketones (excluding diaryl/α,β-unsaturated/α-hetero) is 1. The van der Waals surface area contributed by atoms with E-state index in [0.717, 1.165) is 22.0 Å². The van der Waals surface area contributed by atoms with Crippen molar-refractivity contribution in [3.05, 3.63) is 33.8 Å². The molecule has 0 aliphatic heterocycles. The van der Waals surface area contributed by atoms with Crippen LogP contribution < -0.4 is 0 Å². The number of hydrogen-bond donors (Lipinski definition) is 0. The van der Waals surface area contributed by atoms with Crippen molar-refractivity contribution in [1.29, 1.82) is 0 Å². The summed E-state index contributed by atoms with van der Waals surface area (Å²) in [6.45, 7) is 5.81. The van der Waals surface area contributed by atoms with Crippen LogP contribution in [0.1, 0.15) is 43.1 Å². The number of rotatable bonds is 2. The molecule has 2 heteroatoms. The molecule has 1 aromatic rings. The van der Waals surface area contributed by atoms with E-state index in [4.69, 9.17) is 0 Å². The first kappa shape index (κ1) is 13.0. The Bertz CT molecular complexity index is 450. The Morgan fingerprint density at radius 2 is 2.12 bits per heavy atom. The van der Waals surface area contributed by atoms with Crippen molar-refractivity contribution in [2.24, 2.45) is 5.92 Å². The van der Waals surface area contributed by atoms with Crippen molar-refractivity contribution in [2.45, 2.75) is 27.2 Å². The number of halogens is 1. The second kappa shape index (κ2) is 5.86. The fraction of sp³-hybridized carbons (Fsp3) is 0.357. The molecule has 16 heavy (non-hydrogen) atoms. The molecule has 0 aromatic heterocycles. The highest BCUT2D eigenvalue weighted by atomic mass is 79.9. The maximum atomic E-state index is 11.9. The number of hydrogen-bond acceptors (Lipinski definition) is 1.